The summed E-state index contributed by atoms with van der Waals surface area (Å²) in [7, 11) is 0. The van der Waals surface area contributed by atoms with Gasteiger partial charge in [-0.05, 0) is 74.4 Å². The van der Waals surface area contributed by atoms with Gasteiger partial charge < -0.3 is 15.0 Å². The number of thiocarbonyl (C=S) groups is 1. The number of amides is 1. The van der Waals surface area contributed by atoms with E-state index in [0.717, 1.165) is 39.0 Å². The lowest BCUT2D eigenvalue weighted by atomic mass is 10.1. The molecule has 8 heteroatoms. The molecule has 0 radical (unpaired) electrons. The number of aryl methyl sites for hydroxylation is 3. The van der Waals surface area contributed by atoms with Gasteiger partial charge in [0.15, 0.2) is 11.7 Å². The number of nitrogens with zero attached hydrogens (tertiary/aromatic N) is 1. The summed E-state index contributed by atoms with van der Waals surface area (Å²) in [5.74, 6) is 1.05. The predicted molar refractivity (Wildman–Crippen MR) is 137 cm³/mol. The Hall–Kier alpha value is -3.42. The smallest absolute Gasteiger partial charge is 0.264 e. The van der Waals surface area contributed by atoms with E-state index in [1.807, 2.05) is 75.4 Å². The van der Waals surface area contributed by atoms with Crippen LogP contribution < -0.4 is 15.4 Å². The fourth-order valence-electron chi connectivity index (χ4n) is 3.45. The molecule has 1 amide bonds. The third-order valence-electron chi connectivity index (χ3n) is 5.10. The molecule has 3 N–H and O–H groups in total. The Morgan fingerprint density at radius 2 is 1.91 bits per heavy atom. The number of carbonyl (C=O) groups is 1. The SMILES string of the molecule is Cc1ccc(OCC(=O)NC(=S)Nc2cccc(-c3nc4cc(Cl)c(C)cc4[nH]3)c2)c(C)c1. The Labute approximate surface area is 202 Å². The van der Waals surface area contributed by atoms with Crippen LogP contribution in [0.25, 0.3) is 22.4 Å². The number of halogens is 1. The van der Waals surface area contributed by atoms with Crippen LogP contribution in [0.15, 0.2) is 54.6 Å². The Bertz CT molecular complexity index is 1330. The molecule has 0 saturated heterocycles. The van der Waals surface area contributed by atoms with Crippen LogP contribution in [-0.2, 0) is 4.79 Å². The zero-order valence-electron chi connectivity index (χ0n) is 18.5. The molecule has 4 aromatic rings. The Morgan fingerprint density at radius 3 is 2.70 bits per heavy atom. The van der Waals surface area contributed by atoms with Crippen molar-refractivity contribution in [2.75, 3.05) is 11.9 Å². The molecular weight excluding hydrogens is 456 g/mol. The standard InChI is InChI=1S/C25H23ClN4O2S/c1-14-7-8-22(16(3)9-14)32-13-23(31)30-25(33)27-18-6-4-5-17(11-18)24-28-20-10-15(2)19(26)12-21(20)29-24/h4-12H,13H2,1-3H3,(H,28,29)(H2,27,30,31,33). The van der Waals surface area contributed by atoms with Crippen LogP contribution in [0.3, 0.4) is 0 Å². The van der Waals surface area contributed by atoms with Gasteiger partial charge in [-0.2, -0.15) is 0 Å². The molecule has 0 unspecified atom stereocenters. The maximum absolute atomic E-state index is 12.2. The van der Waals surface area contributed by atoms with Crippen LogP contribution in [0.5, 0.6) is 5.75 Å². The van der Waals surface area contributed by atoms with Crippen molar-refractivity contribution in [3.63, 3.8) is 0 Å². The van der Waals surface area contributed by atoms with Gasteiger partial charge >= 0.3 is 0 Å². The van der Waals surface area contributed by atoms with Crippen molar-refractivity contribution in [1.82, 2.24) is 15.3 Å². The number of hydrogen-bond donors (Lipinski definition) is 3. The van der Waals surface area contributed by atoms with Crippen LogP contribution in [0.1, 0.15) is 16.7 Å². The molecule has 0 spiro atoms. The van der Waals surface area contributed by atoms with E-state index >= 15 is 0 Å². The number of nitrogens with one attached hydrogen (secondary N) is 3. The molecule has 4 rings (SSSR count). The van der Waals surface area contributed by atoms with Gasteiger partial charge in [-0.25, -0.2) is 4.98 Å². The highest BCUT2D eigenvalue weighted by Crippen LogP contribution is 2.26. The number of anilines is 1. The number of H-pyrrole nitrogens is 1. The van der Waals surface area contributed by atoms with Gasteiger partial charge in [0.1, 0.15) is 11.6 Å². The van der Waals surface area contributed by atoms with E-state index in [-0.39, 0.29) is 17.6 Å². The second kappa shape index (κ2) is 9.60. The van der Waals surface area contributed by atoms with Crippen molar-refractivity contribution >= 4 is 51.6 Å². The van der Waals surface area contributed by atoms with Gasteiger partial charge in [0.25, 0.3) is 5.91 Å². The fraction of sp³-hybridized carbons (Fsp3) is 0.160. The normalized spacial score (nSPS) is 10.8. The summed E-state index contributed by atoms with van der Waals surface area (Å²) in [4.78, 5) is 20.2. The van der Waals surface area contributed by atoms with Crippen LogP contribution in [-0.4, -0.2) is 27.6 Å². The molecule has 0 fully saturated rings. The van der Waals surface area contributed by atoms with Crippen molar-refractivity contribution in [3.8, 4) is 17.1 Å². The number of ether oxygens (including phenoxy) is 1. The number of carbonyl (C=O) groups excluding carboxylic acids is 1. The van der Waals surface area contributed by atoms with E-state index in [1.54, 1.807) is 0 Å². The molecule has 0 saturated carbocycles. The highest BCUT2D eigenvalue weighted by molar-refractivity contribution is 7.80. The van der Waals surface area contributed by atoms with E-state index in [0.29, 0.717) is 16.6 Å². The zero-order valence-corrected chi connectivity index (χ0v) is 20.0. The summed E-state index contributed by atoms with van der Waals surface area (Å²) in [5.41, 5.74) is 6.40. The zero-order chi connectivity index (χ0) is 23.5. The average molecular weight is 479 g/mol. The molecule has 3 aromatic carbocycles. The van der Waals surface area contributed by atoms with Gasteiger partial charge in [0.2, 0.25) is 0 Å². The predicted octanol–water partition coefficient (Wildman–Crippen LogP) is 5.70. The van der Waals surface area contributed by atoms with Crippen LogP contribution in [0.2, 0.25) is 5.02 Å². The molecule has 33 heavy (non-hydrogen) atoms. The number of imidazole rings is 1. The Kier molecular flexibility index (Phi) is 6.62. The number of rotatable bonds is 5. The molecular formula is C25H23ClN4O2S. The highest BCUT2D eigenvalue weighted by atomic mass is 35.5. The first kappa shape index (κ1) is 22.8. The summed E-state index contributed by atoms with van der Waals surface area (Å²) in [6, 6.07) is 17.2. The van der Waals surface area contributed by atoms with Gasteiger partial charge in [-0.3, -0.25) is 10.1 Å². The first-order chi connectivity index (χ1) is 15.8. The highest BCUT2D eigenvalue weighted by Gasteiger charge is 2.10. The van der Waals surface area contributed by atoms with E-state index in [2.05, 4.69) is 20.6 Å². The summed E-state index contributed by atoms with van der Waals surface area (Å²) in [5, 5.41) is 6.54. The molecule has 6 nitrogen and oxygen atoms in total. The molecule has 0 aliphatic heterocycles. The molecule has 1 aromatic heterocycles. The molecule has 168 valence electrons. The van der Waals surface area contributed by atoms with Gasteiger partial charge in [-0.15, -0.1) is 0 Å². The van der Waals surface area contributed by atoms with Gasteiger partial charge in [0, 0.05) is 16.3 Å². The third-order valence-corrected chi connectivity index (χ3v) is 5.71. The second-order valence-corrected chi connectivity index (χ2v) is 8.66. The molecule has 0 bridgehead atoms. The van der Waals surface area contributed by atoms with Gasteiger partial charge in [-0.1, -0.05) is 41.4 Å². The fourth-order valence-corrected chi connectivity index (χ4v) is 3.84. The molecule has 0 aliphatic rings. The van der Waals surface area contributed by atoms with Crippen LogP contribution in [0.4, 0.5) is 5.69 Å². The topological polar surface area (TPSA) is 79.0 Å². The minimum absolute atomic E-state index is 0.132. The first-order valence-corrected chi connectivity index (χ1v) is 11.1. The first-order valence-electron chi connectivity index (χ1n) is 10.4. The van der Waals surface area contributed by atoms with Crippen molar-refractivity contribution in [1.29, 1.82) is 0 Å². The van der Waals surface area contributed by atoms with Crippen LogP contribution in [0, 0.1) is 20.8 Å². The average Bonchev–Trinajstić information content (AvgIpc) is 3.16. The lowest BCUT2D eigenvalue weighted by molar-refractivity contribution is -0.121. The largest absolute Gasteiger partial charge is 0.483 e. The Morgan fingerprint density at radius 1 is 1.09 bits per heavy atom. The molecule has 0 atom stereocenters. The van der Waals surface area contributed by atoms with E-state index in [1.165, 1.54) is 0 Å². The Balaban J connectivity index is 1.38. The van der Waals surface area contributed by atoms with Crippen molar-refractivity contribution in [2.45, 2.75) is 20.8 Å². The van der Waals surface area contributed by atoms with Crippen molar-refractivity contribution in [2.24, 2.45) is 0 Å². The van der Waals surface area contributed by atoms with Crippen LogP contribution >= 0.6 is 23.8 Å². The maximum atomic E-state index is 12.2. The third kappa shape index (κ3) is 5.50. The minimum atomic E-state index is -0.340. The number of aromatic amines is 1. The lowest BCUT2D eigenvalue weighted by Crippen LogP contribution is -2.37. The monoisotopic (exact) mass is 478 g/mol. The lowest BCUT2D eigenvalue weighted by Gasteiger charge is -2.12. The minimum Gasteiger partial charge on any atom is -0.483 e. The second-order valence-electron chi connectivity index (χ2n) is 7.84. The summed E-state index contributed by atoms with van der Waals surface area (Å²) >= 11 is 11.5. The van der Waals surface area contributed by atoms with Crippen molar-refractivity contribution in [3.05, 3.63) is 76.3 Å². The number of benzene rings is 3. The number of hydrogen-bond acceptors (Lipinski definition) is 4. The van der Waals surface area contributed by atoms with E-state index < -0.39 is 0 Å². The van der Waals surface area contributed by atoms with Gasteiger partial charge in [0.05, 0.1) is 11.0 Å². The van der Waals surface area contributed by atoms with E-state index in [4.69, 9.17) is 28.6 Å². The quantitative estimate of drug-likeness (QED) is 0.321. The summed E-state index contributed by atoms with van der Waals surface area (Å²) < 4.78 is 5.61. The summed E-state index contributed by atoms with van der Waals surface area (Å²) in [6.45, 7) is 5.77. The van der Waals surface area contributed by atoms with E-state index in [9.17, 15) is 4.79 Å². The summed E-state index contributed by atoms with van der Waals surface area (Å²) in [6.07, 6.45) is 0. The maximum Gasteiger partial charge on any atom is 0.264 e. The number of aromatic nitrogens is 2. The van der Waals surface area contributed by atoms with Crippen molar-refractivity contribution < 1.29 is 9.53 Å². The molecule has 1 heterocycles. The number of fused-ring (bicyclic) bond motifs is 1. The molecule has 0 aliphatic carbocycles.